The van der Waals surface area contributed by atoms with Crippen molar-refractivity contribution in [3.05, 3.63) is 611 Å². The summed E-state index contributed by atoms with van der Waals surface area (Å²) in [7, 11) is 1.26. The standard InChI is InChI=1S/C36H28S3.C24H19S2.C20H19S.C19H17S.C18H15S.C10H14S.C7H8OS/c1-5-13-31(14-6-1)38(32-15-7-2-8-16-32)35-25-21-29(22-26-35)37-30-23-27-36(28-24-30)39(33-17-9-3-10-18-33)34-19-11-4-12-20-34;1-4-10-20(11-5-1)25-21-16-18-24(19-17-21)26(22-12-6-2-7-13-22)23-14-8-3-9-15-23;1-16-8-12-19(13-9-16)21(18-6-4-3-5-7-18)20-14-10-17(2)11-15-20;1-16-12-14-19(15-13-16)20(17-8-4-2-5-9-17)18-10-6-3-7-11-18;1-4-10-16(11-5-1)19(17-12-6-2-7-13-17)18-14-8-3-9-15-18;1-10(2,3)8-4-6-9(11)7-5-8;1-8-6-2-4-7(9)5-3-6/h1-28H;1-19H;3-15H,1-2H3;2-15H,1H3;1-15H;4-7,11H,1-3H3;2-5,9H,1H3/q+2;4*+1;;/p+2. The van der Waals surface area contributed by atoms with Gasteiger partial charge in [-0.25, -0.2) is 0 Å². The molecule has 0 N–H and O–H groups in total. The molecule has 21 rings (SSSR count). The Kier molecular flexibility index (Phi) is 41.3. The van der Waals surface area contributed by atoms with Crippen LogP contribution in [-0.2, 0) is 96.0 Å². The van der Waals surface area contributed by atoms with E-state index in [0.717, 1.165) is 15.5 Å². The van der Waals surface area contributed by atoms with Crippen LogP contribution >= 0.6 is 23.5 Å². The van der Waals surface area contributed by atoms with Crippen molar-refractivity contribution in [1.82, 2.24) is 0 Å². The molecule has 21 aromatic carbocycles. The van der Waals surface area contributed by atoms with Gasteiger partial charge < -0.3 is 4.74 Å². The molecule has 0 amide bonds. The summed E-state index contributed by atoms with van der Waals surface area (Å²) in [5.41, 5.74) is 5.55. The average molecular weight is 2070 g/mol. The number of hydrogen-bond acceptors (Lipinski definition) is 3. The SMILES string of the molecule is CC(C)(C)c1ccc([SH2+])cc1.COc1ccc([SH2+])cc1.Cc1ccc([S+](c2ccccc2)c2ccc(C)cc2)cc1.Cc1ccc([S+](c2ccccc2)c2ccccc2)cc1.c1ccc(Sc2ccc([S+](c3ccccc3)c3ccccc3)cc2)cc1.c1ccc([S+](c2ccccc2)c2ccc(Sc3ccc([S+](c4ccccc4)c4ccccc4)cc3)cc2)cc1.c1ccc([S+](c2ccccc2)c2ccccc2)cc1. The summed E-state index contributed by atoms with van der Waals surface area (Å²) in [5.74, 6) is 0.886. The molecule has 21 aromatic rings. The second kappa shape index (κ2) is 56.4. The van der Waals surface area contributed by atoms with Crippen LogP contribution in [0.5, 0.6) is 5.75 Å². The van der Waals surface area contributed by atoms with Gasteiger partial charge in [-0.15, -0.1) is 0 Å². The van der Waals surface area contributed by atoms with E-state index < -0.39 is 0 Å². The molecule has 0 aliphatic heterocycles. The molecule has 716 valence electrons. The lowest BCUT2D eigenvalue weighted by Gasteiger charge is -2.18. The Morgan fingerprint density at radius 3 is 0.462 bits per heavy atom. The highest BCUT2D eigenvalue weighted by Gasteiger charge is 2.35. The monoisotopic (exact) mass is 2070 g/mol. The summed E-state index contributed by atoms with van der Waals surface area (Å²) in [6.07, 6.45) is 0. The van der Waals surface area contributed by atoms with Crippen molar-refractivity contribution >= 4 is 114 Å². The Morgan fingerprint density at radius 1 is 0.166 bits per heavy atom. The van der Waals surface area contributed by atoms with E-state index in [1.165, 1.54) is 130 Å². The van der Waals surface area contributed by atoms with Gasteiger partial charge in [0, 0.05) is 19.6 Å². The second-order valence-electron chi connectivity index (χ2n) is 34.5. The van der Waals surface area contributed by atoms with Crippen LogP contribution in [0.15, 0.2) is 706 Å². The summed E-state index contributed by atoms with van der Waals surface area (Å²) >= 11 is 10.4. The zero-order valence-electron chi connectivity index (χ0n) is 82.7. The minimum Gasteiger partial charge on any atom is -0.497 e. The molecule has 145 heavy (non-hydrogen) atoms. The lowest BCUT2D eigenvalue weighted by atomic mass is 9.87. The Morgan fingerprint density at radius 2 is 0.303 bits per heavy atom. The van der Waals surface area contributed by atoms with E-state index in [2.05, 4.69) is 631 Å². The van der Waals surface area contributed by atoms with Crippen molar-refractivity contribution in [2.24, 2.45) is 0 Å². The lowest BCUT2D eigenvalue weighted by molar-refractivity contribution is 0.414. The minimum atomic E-state index is -0.123. The number of rotatable bonds is 23. The molecule has 0 saturated carbocycles. The molecular formula is C134H122OS10+8. The number of methoxy groups -OCH3 is 1. The first kappa shape index (κ1) is 106. The molecule has 0 unspecified atom stereocenters. The highest BCUT2D eigenvalue weighted by molar-refractivity contribution is 8.00. The molecule has 11 heteroatoms. The number of ether oxygens (including phenoxy) is 1. The number of benzene rings is 21. The van der Waals surface area contributed by atoms with E-state index in [0.29, 0.717) is 0 Å². The smallest absolute Gasteiger partial charge is 0.166 e. The quantitative estimate of drug-likeness (QED) is 0.0591. The Bertz CT molecular complexity index is 6820. The molecule has 0 spiro atoms. The van der Waals surface area contributed by atoms with Crippen LogP contribution in [0.25, 0.3) is 0 Å². The third-order valence-corrected chi connectivity index (χ3v) is 38.8. The van der Waals surface area contributed by atoms with E-state index in [9.17, 15) is 0 Å². The topological polar surface area (TPSA) is 9.23 Å². The normalized spacial score (nSPS) is 10.8. The van der Waals surface area contributed by atoms with Crippen molar-refractivity contribution in [3.8, 4) is 5.75 Å². The van der Waals surface area contributed by atoms with Crippen molar-refractivity contribution < 1.29 is 4.74 Å². The van der Waals surface area contributed by atoms with Gasteiger partial charge in [0.2, 0.25) is 0 Å². The number of aryl methyl sites for hydroxylation is 3. The Hall–Kier alpha value is -13.1. The van der Waals surface area contributed by atoms with Gasteiger partial charge in [-0.1, -0.05) is 346 Å². The third kappa shape index (κ3) is 32.5. The van der Waals surface area contributed by atoms with E-state index in [-0.39, 0.29) is 70.8 Å². The molecule has 0 bridgehead atoms. The van der Waals surface area contributed by atoms with Crippen molar-refractivity contribution in [2.75, 3.05) is 7.11 Å². The van der Waals surface area contributed by atoms with Crippen LogP contribution in [0.3, 0.4) is 0 Å². The first-order chi connectivity index (χ1) is 71.1. The molecule has 0 heterocycles. The molecule has 1 nitrogen and oxygen atoms in total. The van der Waals surface area contributed by atoms with Gasteiger partial charge in [-0.3, -0.25) is 0 Å². The molecule has 0 radical (unpaired) electrons. The minimum absolute atomic E-state index is 0.0146. The van der Waals surface area contributed by atoms with E-state index >= 15 is 0 Å². The average Bonchev–Trinajstić information content (AvgIpc) is 0.810. The van der Waals surface area contributed by atoms with Crippen LogP contribution in [0.2, 0.25) is 0 Å². The molecular weight excluding hydrogens is 1950 g/mol. The summed E-state index contributed by atoms with van der Waals surface area (Å²) in [6.45, 7) is 13.1. The van der Waals surface area contributed by atoms with E-state index in [4.69, 9.17) is 4.74 Å². The zero-order valence-corrected chi connectivity index (χ0v) is 91.2. The van der Waals surface area contributed by atoms with Crippen LogP contribution < -0.4 is 4.74 Å². The summed E-state index contributed by atoms with van der Waals surface area (Å²) in [6, 6.07) is 210. The number of hydrogen-bond donors (Lipinski definition) is 0. The van der Waals surface area contributed by atoms with Crippen LogP contribution in [0, 0.1) is 20.8 Å². The molecule has 0 atom stereocenters. The van der Waals surface area contributed by atoms with Crippen LogP contribution in [0.1, 0.15) is 43.0 Å². The summed E-state index contributed by atoms with van der Waals surface area (Å²) in [4.78, 5) is 31.6. The third-order valence-electron chi connectivity index (χ3n) is 22.8. The highest BCUT2D eigenvalue weighted by Crippen LogP contribution is 2.41. The molecule has 0 aliphatic rings. The fraction of sp³-hybridized carbons (Fsp3) is 0.0597. The molecule has 0 aromatic heterocycles. The Balaban J connectivity index is 0.000000133. The largest absolute Gasteiger partial charge is 0.497 e. The van der Waals surface area contributed by atoms with Crippen molar-refractivity contribution in [2.45, 2.75) is 164 Å². The molecule has 0 fully saturated rings. The predicted octanol–water partition coefficient (Wildman–Crippen LogP) is 35.7. The van der Waals surface area contributed by atoms with Gasteiger partial charge in [0.05, 0.1) is 72.5 Å². The van der Waals surface area contributed by atoms with Gasteiger partial charge in [0.1, 0.15) is 10.6 Å². The van der Waals surface area contributed by atoms with Crippen molar-refractivity contribution in [3.63, 3.8) is 0 Å². The van der Waals surface area contributed by atoms with E-state index in [1.54, 1.807) is 18.9 Å². The maximum Gasteiger partial charge on any atom is 0.166 e. The van der Waals surface area contributed by atoms with Crippen LogP contribution in [0.4, 0.5) is 0 Å². The maximum atomic E-state index is 4.95. The molecule has 0 aliphatic carbocycles. The Labute approximate surface area is 898 Å². The van der Waals surface area contributed by atoms with Gasteiger partial charge in [-0.2, -0.15) is 0 Å². The van der Waals surface area contributed by atoms with Gasteiger partial charge in [0.15, 0.2) is 93.0 Å². The van der Waals surface area contributed by atoms with Gasteiger partial charge in [-0.05, 0) is 360 Å². The molecule has 0 saturated heterocycles. The van der Waals surface area contributed by atoms with Crippen LogP contribution in [-0.4, -0.2) is 7.11 Å². The van der Waals surface area contributed by atoms with Gasteiger partial charge in [0.25, 0.3) is 0 Å². The lowest BCUT2D eigenvalue weighted by Crippen LogP contribution is -2.10. The van der Waals surface area contributed by atoms with Gasteiger partial charge >= 0.3 is 0 Å². The van der Waals surface area contributed by atoms with Crippen molar-refractivity contribution in [1.29, 1.82) is 0 Å². The summed E-state index contributed by atoms with van der Waals surface area (Å²) in [5, 5.41) is 0. The zero-order chi connectivity index (χ0) is 100. The fourth-order valence-corrected chi connectivity index (χ4v) is 29.9. The first-order valence-corrected chi connectivity index (χ1v) is 58.2. The maximum absolute atomic E-state index is 4.95. The highest BCUT2D eigenvalue weighted by atomic mass is 32.2. The summed E-state index contributed by atoms with van der Waals surface area (Å²) < 4.78 is 4.95. The van der Waals surface area contributed by atoms with E-state index in [1.807, 2.05) is 36.0 Å². The fourth-order valence-electron chi connectivity index (χ4n) is 15.4. The second-order valence-corrected chi connectivity index (χ2v) is 50.1. The predicted molar refractivity (Wildman–Crippen MR) is 633 cm³/mol. The first-order valence-electron chi connectivity index (χ1n) is 48.3.